The zero-order chi connectivity index (χ0) is 9.68. The summed E-state index contributed by atoms with van der Waals surface area (Å²) in [5.74, 6) is 0. The first-order chi connectivity index (χ1) is 6.33. The molecule has 0 aliphatic carbocycles. The Morgan fingerprint density at radius 1 is 1.54 bits per heavy atom. The lowest BCUT2D eigenvalue weighted by Gasteiger charge is -2.04. The van der Waals surface area contributed by atoms with Crippen LogP contribution in [0.3, 0.4) is 0 Å². The average molecular weight is 191 g/mol. The van der Waals surface area contributed by atoms with E-state index in [1.165, 1.54) is 0 Å². The Labute approximate surface area is 83.3 Å². The van der Waals surface area contributed by atoms with Crippen molar-refractivity contribution in [3.8, 4) is 6.07 Å². The third-order valence-electron chi connectivity index (χ3n) is 1.90. The minimum atomic E-state index is 0.711. The van der Waals surface area contributed by atoms with Crippen LogP contribution < -0.4 is 0 Å². The Kier molecular flexibility index (Phi) is 3.54. The van der Waals surface area contributed by atoms with Crippen molar-refractivity contribution in [2.45, 2.75) is 13.3 Å². The summed E-state index contributed by atoms with van der Waals surface area (Å²) in [6.07, 6.45) is 2.51. The Bertz CT molecular complexity index is 361. The van der Waals surface area contributed by atoms with Crippen LogP contribution in [0.15, 0.2) is 18.2 Å². The van der Waals surface area contributed by atoms with E-state index in [9.17, 15) is 0 Å². The van der Waals surface area contributed by atoms with Gasteiger partial charge in [-0.25, -0.2) is 0 Å². The first-order valence-corrected chi connectivity index (χ1v) is 4.42. The molecule has 0 aliphatic heterocycles. The van der Waals surface area contributed by atoms with E-state index in [1.807, 2.05) is 25.1 Å². The van der Waals surface area contributed by atoms with Crippen LogP contribution in [0.1, 0.15) is 23.6 Å². The average Bonchev–Trinajstić information content (AvgIpc) is 2.18. The van der Waals surface area contributed by atoms with Gasteiger partial charge in [0.05, 0.1) is 17.2 Å². The van der Waals surface area contributed by atoms with Crippen LogP contribution in [0.25, 0.3) is 6.08 Å². The predicted molar refractivity (Wildman–Crippen MR) is 54.1 cm³/mol. The van der Waals surface area contributed by atoms with E-state index in [4.69, 9.17) is 16.9 Å². The molecule has 0 heterocycles. The molecule has 1 aromatic rings. The van der Waals surface area contributed by atoms with E-state index in [0.29, 0.717) is 5.56 Å². The molecule has 0 unspecified atom stereocenters. The van der Waals surface area contributed by atoms with Crippen molar-refractivity contribution in [1.82, 2.24) is 0 Å². The van der Waals surface area contributed by atoms with E-state index in [2.05, 4.69) is 11.6 Å². The second kappa shape index (κ2) is 4.69. The number of nitrogens with zero attached hydrogens (tertiary/aromatic N) is 1. The van der Waals surface area contributed by atoms with Crippen LogP contribution in [-0.2, 0) is 6.42 Å². The standard InChI is InChI=1S/C11H9ClN/c1-2-11-9(6-7-12)4-3-5-10(11)8-13/h3-6H,2H2,1H3. The third kappa shape index (κ3) is 2.11. The molecule has 0 saturated carbocycles. The van der Waals surface area contributed by atoms with Crippen LogP contribution in [0, 0.1) is 16.9 Å². The van der Waals surface area contributed by atoms with Crippen LogP contribution >= 0.6 is 11.6 Å². The molecule has 2 heteroatoms. The molecule has 0 bridgehead atoms. The number of hydrogen-bond acceptors (Lipinski definition) is 1. The molecule has 0 amide bonds. The Balaban J connectivity index is 3.29. The summed E-state index contributed by atoms with van der Waals surface area (Å²) in [7, 11) is 0. The van der Waals surface area contributed by atoms with Gasteiger partial charge in [-0.1, -0.05) is 30.7 Å². The van der Waals surface area contributed by atoms with E-state index >= 15 is 0 Å². The molecule has 65 valence electrons. The van der Waals surface area contributed by atoms with E-state index in [0.717, 1.165) is 17.5 Å². The Hall–Kier alpha value is -1.26. The summed E-state index contributed by atoms with van der Waals surface area (Å²) in [4.78, 5) is 0. The third-order valence-corrected chi connectivity index (χ3v) is 2.01. The van der Waals surface area contributed by atoms with Crippen LogP contribution in [-0.4, -0.2) is 0 Å². The van der Waals surface area contributed by atoms with Gasteiger partial charge in [0.2, 0.25) is 0 Å². The number of hydrogen-bond donors (Lipinski definition) is 0. The fourth-order valence-electron chi connectivity index (χ4n) is 1.30. The van der Waals surface area contributed by atoms with Gasteiger partial charge in [-0.2, -0.15) is 5.26 Å². The highest BCUT2D eigenvalue weighted by atomic mass is 35.5. The molecule has 1 aromatic carbocycles. The van der Waals surface area contributed by atoms with Crippen molar-refractivity contribution in [3.63, 3.8) is 0 Å². The maximum atomic E-state index is 8.82. The molecule has 0 aliphatic rings. The van der Waals surface area contributed by atoms with Gasteiger partial charge in [0.15, 0.2) is 0 Å². The number of rotatable bonds is 2. The molecule has 0 aromatic heterocycles. The van der Waals surface area contributed by atoms with Crippen LogP contribution in [0.4, 0.5) is 0 Å². The molecule has 0 saturated heterocycles. The second-order valence-electron chi connectivity index (χ2n) is 2.59. The van der Waals surface area contributed by atoms with Gasteiger partial charge in [0.1, 0.15) is 0 Å². The number of nitriles is 1. The van der Waals surface area contributed by atoms with Gasteiger partial charge >= 0.3 is 0 Å². The van der Waals surface area contributed by atoms with Gasteiger partial charge in [-0.15, -0.1) is 0 Å². The zero-order valence-electron chi connectivity index (χ0n) is 7.34. The molecule has 1 rings (SSSR count). The molecule has 1 nitrogen and oxygen atoms in total. The van der Waals surface area contributed by atoms with E-state index in [1.54, 1.807) is 6.08 Å². The van der Waals surface area contributed by atoms with Crippen molar-refractivity contribution >= 4 is 17.7 Å². The van der Waals surface area contributed by atoms with Crippen LogP contribution in [0.2, 0.25) is 0 Å². The molecule has 1 radical (unpaired) electrons. The lowest BCUT2D eigenvalue weighted by atomic mass is 10.00. The lowest BCUT2D eigenvalue weighted by molar-refractivity contribution is 1.12. The highest BCUT2D eigenvalue weighted by Gasteiger charge is 2.02. The van der Waals surface area contributed by atoms with Gasteiger partial charge in [0.25, 0.3) is 0 Å². The minimum Gasteiger partial charge on any atom is -0.192 e. The summed E-state index contributed by atoms with van der Waals surface area (Å²) >= 11 is 5.37. The zero-order valence-corrected chi connectivity index (χ0v) is 8.10. The fraction of sp³-hybridized carbons (Fsp3) is 0.182. The number of benzene rings is 1. The molecule has 0 N–H and O–H groups in total. The number of halogens is 1. The normalized spacial score (nSPS) is 10.2. The summed E-state index contributed by atoms with van der Waals surface area (Å²) in [5, 5.41) is 8.82. The van der Waals surface area contributed by atoms with Gasteiger partial charge in [-0.3, -0.25) is 0 Å². The highest BCUT2D eigenvalue weighted by Crippen LogP contribution is 2.16. The molecular weight excluding hydrogens is 182 g/mol. The van der Waals surface area contributed by atoms with Gasteiger partial charge in [-0.05, 0) is 29.7 Å². The monoisotopic (exact) mass is 190 g/mol. The van der Waals surface area contributed by atoms with Crippen molar-refractivity contribution < 1.29 is 0 Å². The topological polar surface area (TPSA) is 23.8 Å². The Morgan fingerprint density at radius 3 is 2.85 bits per heavy atom. The minimum absolute atomic E-state index is 0.711. The van der Waals surface area contributed by atoms with Crippen molar-refractivity contribution in [1.29, 1.82) is 5.26 Å². The van der Waals surface area contributed by atoms with Crippen molar-refractivity contribution in [2.75, 3.05) is 0 Å². The maximum Gasteiger partial charge on any atom is 0.0994 e. The SMILES string of the molecule is CCc1c(C#N)cccc1C=[C]Cl. The molecule has 0 atom stereocenters. The van der Waals surface area contributed by atoms with Gasteiger partial charge < -0.3 is 0 Å². The van der Waals surface area contributed by atoms with Crippen LogP contribution in [0.5, 0.6) is 0 Å². The lowest BCUT2D eigenvalue weighted by Crippen LogP contribution is -1.91. The predicted octanol–water partition coefficient (Wildman–Crippen LogP) is 3.13. The molecule has 0 spiro atoms. The largest absolute Gasteiger partial charge is 0.192 e. The fourth-order valence-corrected chi connectivity index (χ4v) is 1.42. The molecular formula is C11H9ClN. The smallest absolute Gasteiger partial charge is 0.0994 e. The highest BCUT2D eigenvalue weighted by molar-refractivity contribution is 6.23. The summed E-state index contributed by atoms with van der Waals surface area (Å²) < 4.78 is 0. The quantitative estimate of drug-likeness (QED) is 0.703. The summed E-state index contributed by atoms with van der Waals surface area (Å²) in [6.45, 7) is 2.02. The first kappa shape index (κ1) is 9.83. The molecule has 13 heavy (non-hydrogen) atoms. The summed E-state index contributed by atoms with van der Waals surface area (Å²) in [5.41, 5.74) is 5.15. The molecule has 0 fully saturated rings. The van der Waals surface area contributed by atoms with Crippen molar-refractivity contribution in [3.05, 3.63) is 40.4 Å². The first-order valence-electron chi connectivity index (χ1n) is 4.04. The van der Waals surface area contributed by atoms with E-state index < -0.39 is 0 Å². The second-order valence-corrected chi connectivity index (χ2v) is 2.81. The van der Waals surface area contributed by atoms with E-state index in [-0.39, 0.29) is 0 Å². The Morgan fingerprint density at radius 2 is 2.31 bits per heavy atom. The van der Waals surface area contributed by atoms with Gasteiger partial charge in [0, 0.05) is 0 Å². The van der Waals surface area contributed by atoms with Crippen molar-refractivity contribution in [2.24, 2.45) is 0 Å². The summed E-state index contributed by atoms with van der Waals surface area (Å²) in [6, 6.07) is 7.74. The maximum absolute atomic E-state index is 8.82.